The van der Waals surface area contributed by atoms with Crippen LogP contribution >= 0.6 is 0 Å². The topological polar surface area (TPSA) is 203 Å². The van der Waals surface area contributed by atoms with E-state index >= 15 is 0 Å². The third kappa shape index (κ3) is 3.92. The molecule has 1 aromatic carbocycles. The molecule has 5 N–H and O–H groups in total. The number of aromatic hydroxyl groups is 1. The Balaban J connectivity index is 1.73. The average Bonchev–Trinajstić information content (AvgIpc) is 2.92. The number of nitroso groups, excluding NO2 is 1. The Morgan fingerprint density at radius 1 is 1.12 bits per heavy atom. The van der Waals surface area contributed by atoms with Crippen LogP contribution in [0.2, 0.25) is 0 Å². The Bertz CT molecular complexity index is 1490. The number of amides is 2. The summed E-state index contributed by atoms with van der Waals surface area (Å²) >= 11 is 0. The van der Waals surface area contributed by atoms with Crippen LogP contribution in [0.4, 0.5) is 5.69 Å². The molecule has 4 atom stereocenters. The molecule has 224 valence electrons. The van der Waals surface area contributed by atoms with E-state index in [1.54, 1.807) is 33.1 Å². The zero-order chi connectivity index (χ0) is 30.8. The number of aliphatic hydroxyl groups excluding tert-OH is 2. The SMILES string of the molecule is CN(C)c1cc(C(=O)N2CCOCC2)c(O)c2c1CC1CC3[C@H](N(C)C)C(O)=C(C(N)=O)C(=O)[C@@]3(N=O)C(O)=C1C2=O. The average molecular weight is 584 g/mol. The van der Waals surface area contributed by atoms with Gasteiger partial charge in [-0.25, -0.2) is 0 Å². The minimum Gasteiger partial charge on any atom is -0.510 e. The highest BCUT2D eigenvalue weighted by atomic mass is 16.5. The molecule has 5 rings (SSSR count). The Morgan fingerprint density at radius 2 is 1.76 bits per heavy atom. The largest absolute Gasteiger partial charge is 0.510 e. The lowest BCUT2D eigenvalue weighted by Crippen LogP contribution is -2.62. The summed E-state index contributed by atoms with van der Waals surface area (Å²) in [7, 11) is 6.55. The number of ketones is 2. The Labute approximate surface area is 241 Å². The number of fused-ring (bicyclic) bond motifs is 3. The fourth-order valence-electron chi connectivity index (χ4n) is 6.95. The third-order valence-corrected chi connectivity index (χ3v) is 8.85. The fraction of sp³-hybridized carbons (Fsp3) is 0.500. The van der Waals surface area contributed by atoms with E-state index in [9.17, 15) is 39.4 Å². The molecule has 0 radical (unpaired) electrons. The summed E-state index contributed by atoms with van der Waals surface area (Å²) in [5.74, 6) is -8.07. The number of morpholine rings is 1. The molecule has 2 amide bonds. The first-order valence-electron chi connectivity index (χ1n) is 13.5. The van der Waals surface area contributed by atoms with E-state index in [0.717, 1.165) is 0 Å². The minimum absolute atomic E-state index is 0.0525. The van der Waals surface area contributed by atoms with E-state index in [-0.39, 0.29) is 29.5 Å². The van der Waals surface area contributed by atoms with Gasteiger partial charge < -0.3 is 35.6 Å². The molecule has 2 unspecified atom stereocenters. The number of primary amides is 1. The molecular formula is C28H33N5O9. The first kappa shape index (κ1) is 29.2. The molecule has 4 aliphatic rings. The number of nitrogens with two attached hydrogens (primary N) is 1. The number of anilines is 1. The highest BCUT2D eigenvalue weighted by molar-refractivity contribution is 6.25. The van der Waals surface area contributed by atoms with Gasteiger partial charge in [0.15, 0.2) is 5.78 Å². The van der Waals surface area contributed by atoms with Crippen molar-refractivity contribution in [3.8, 4) is 5.75 Å². The minimum atomic E-state index is -2.62. The van der Waals surface area contributed by atoms with Crippen LogP contribution in [0, 0.1) is 16.7 Å². The lowest BCUT2D eigenvalue weighted by molar-refractivity contribution is -0.129. The second kappa shape index (κ2) is 10.2. The van der Waals surface area contributed by atoms with Crippen molar-refractivity contribution in [3.63, 3.8) is 0 Å². The Kier molecular flexibility index (Phi) is 7.10. The number of rotatable bonds is 5. The molecular weight excluding hydrogens is 550 g/mol. The van der Waals surface area contributed by atoms with Gasteiger partial charge in [0.25, 0.3) is 11.8 Å². The Hall–Kier alpha value is -4.30. The molecule has 1 heterocycles. The number of hydrogen-bond acceptors (Lipinski definition) is 12. The van der Waals surface area contributed by atoms with Crippen LogP contribution in [0.1, 0.15) is 32.7 Å². The van der Waals surface area contributed by atoms with Gasteiger partial charge in [-0.2, -0.15) is 0 Å². The van der Waals surface area contributed by atoms with Gasteiger partial charge >= 0.3 is 0 Å². The maximum absolute atomic E-state index is 14.2. The van der Waals surface area contributed by atoms with Crippen LogP contribution in [0.25, 0.3) is 0 Å². The zero-order valence-electron chi connectivity index (χ0n) is 23.7. The lowest BCUT2D eigenvalue weighted by Gasteiger charge is -2.49. The zero-order valence-corrected chi connectivity index (χ0v) is 23.7. The number of phenolic OH excluding ortho intramolecular Hbond substituents is 1. The number of likely N-dealkylation sites (N-methyl/N-ethyl adjacent to an activating group) is 1. The van der Waals surface area contributed by atoms with Crippen molar-refractivity contribution in [2.24, 2.45) is 22.7 Å². The highest BCUT2D eigenvalue weighted by Crippen LogP contribution is 2.54. The van der Waals surface area contributed by atoms with Crippen molar-refractivity contribution in [1.29, 1.82) is 0 Å². The molecule has 0 spiro atoms. The number of nitrogens with zero attached hydrogens (tertiary/aromatic N) is 4. The maximum Gasteiger partial charge on any atom is 0.257 e. The van der Waals surface area contributed by atoms with Gasteiger partial charge in [-0.1, -0.05) is 0 Å². The van der Waals surface area contributed by atoms with Crippen molar-refractivity contribution in [2.45, 2.75) is 24.4 Å². The number of aliphatic hydroxyl groups is 2. The summed E-state index contributed by atoms with van der Waals surface area (Å²) < 4.78 is 5.31. The van der Waals surface area contributed by atoms with E-state index in [2.05, 4.69) is 5.18 Å². The molecule has 14 heteroatoms. The summed E-state index contributed by atoms with van der Waals surface area (Å²) in [6, 6.07) is 0.410. The van der Waals surface area contributed by atoms with Crippen molar-refractivity contribution in [2.75, 3.05) is 59.4 Å². The molecule has 14 nitrogen and oxygen atoms in total. The van der Waals surface area contributed by atoms with Crippen LogP contribution in [-0.2, 0) is 20.7 Å². The van der Waals surface area contributed by atoms with Crippen LogP contribution in [0.15, 0.2) is 33.9 Å². The molecule has 1 aliphatic heterocycles. The van der Waals surface area contributed by atoms with E-state index in [4.69, 9.17) is 10.5 Å². The molecule has 0 aromatic heterocycles. The monoisotopic (exact) mass is 583 g/mol. The van der Waals surface area contributed by atoms with E-state index in [1.165, 1.54) is 15.9 Å². The van der Waals surface area contributed by atoms with Crippen molar-refractivity contribution in [1.82, 2.24) is 9.80 Å². The molecule has 1 saturated heterocycles. The van der Waals surface area contributed by atoms with Gasteiger partial charge in [0.2, 0.25) is 11.3 Å². The van der Waals surface area contributed by atoms with Gasteiger partial charge in [-0.3, -0.25) is 24.1 Å². The lowest BCUT2D eigenvalue weighted by atomic mass is 9.57. The first-order valence-corrected chi connectivity index (χ1v) is 13.5. The number of phenols is 1. The summed E-state index contributed by atoms with van der Waals surface area (Å²) in [6.45, 7) is 1.23. The number of carbonyl (C=O) groups is 4. The maximum atomic E-state index is 14.2. The molecule has 1 aromatic rings. The summed E-state index contributed by atoms with van der Waals surface area (Å²) in [6.07, 6.45) is 0.0452. The quantitative estimate of drug-likeness (QED) is 0.276. The number of benzene rings is 1. The van der Waals surface area contributed by atoms with Crippen LogP contribution < -0.4 is 10.6 Å². The standard InChI is InChI=1S/C28H33N5O9/c1-31(2)16-11-14(27(40)33-5-7-42-8-6-33)21(34)18-13(16)9-12-10-15-20(32(3)4)23(36)19(26(29)39)25(38)28(15,30-41)24(37)17(12)22(18)35/h11-12,15,20,34,36-37H,5-10H2,1-4H3,(H2,29,39)/t12?,15?,20-,28-/m0/s1. The van der Waals surface area contributed by atoms with Gasteiger partial charge in [-0.15, -0.1) is 4.91 Å². The summed E-state index contributed by atoms with van der Waals surface area (Å²) in [5, 5.41) is 37.0. The second-order valence-electron chi connectivity index (χ2n) is 11.5. The van der Waals surface area contributed by atoms with Gasteiger partial charge in [0.05, 0.1) is 30.4 Å². The molecule has 42 heavy (non-hydrogen) atoms. The van der Waals surface area contributed by atoms with Crippen LogP contribution in [0.3, 0.4) is 0 Å². The molecule has 0 bridgehead atoms. The fourth-order valence-corrected chi connectivity index (χ4v) is 6.95. The van der Waals surface area contributed by atoms with Crippen LogP contribution in [-0.4, -0.2) is 115 Å². The third-order valence-electron chi connectivity index (χ3n) is 8.85. The summed E-state index contributed by atoms with van der Waals surface area (Å²) in [5.41, 5.74) is 2.17. The van der Waals surface area contributed by atoms with E-state index < -0.39 is 69.6 Å². The first-order chi connectivity index (χ1) is 19.8. The smallest absolute Gasteiger partial charge is 0.257 e. The van der Waals surface area contributed by atoms with Crippen LogP contribution in [0.5, 0.6) is 5.75 Å². The van der Waals surface area contributed by atoms with Crippen molar-refractivity contribution in [3.05, 3.63) is 50.3 Å². The van der Waals surface area contributed by atoms with Gasteiger partial charge in [-0.05, 0) is 49.7 Å². The normalized spacial score (nSPS) is 27.5. The van der Waals surface area contributed by atoms with E-state index in [0.29, 0.717) is 37.6 Å². The van der Waals surface area contributed by atoms with E-state index in [1.807, 2.05) is 0 Å². The van der Waals surface area contributed by atoms with Crippen molar-refractivity contribution >= 4 is 29.1 Å². The summed E-state index contributed by atoms with van der Waals surface area (Å²) in [4.78, 5) is 70.8. The molecule has 0 saturated carbocycles. The predicted octanol–water partition coefficient (Wildman–Crippen LogP) is 0.433. The number of hydrogen-bond donors (Lipinski definition) is 4. The Morgan fingerprint density at radius 3 is 2.31 bits per heavy atom. The number of allylic oxidation sites excluding steroid dienone is 1. The number of Topliss-reactive ketones (excluding diaryl/α,β-unsaturated/α-hetero) is 2. The number of carbonyl (C=O) groups excluding carboxylic acids is 4. The number of ether oxygens (including phenoxy) is 1. The molecule has 1 fully saturated rings. The van der Waals surface area contributed by atoms with Gasteiger partial charge in [0, 0.05) is 44.4 Å². The van der Waals surface area contributed by atoms with Crippen molar-refractivity contribution < 1.29 is 39.2 Å². The van der Waals surface area contributed by atoms with Gasteiger partial charge in [0.1, 0.15) is 22.8 Å². The molecule has 3 aliphatic carbocycles. The second-order valence-corrected chi connectivity index (χ2v) is 11.5. The predicted molar refractivity (Wildman–Crippen MR) is 148 cm³/mol. The highest BCUT2D eigenvalue weighted by Gasteiger charge is 2.65.